The van der Waals surface area contributed by atoms with Crippen LogP contribution < -0.4 is 5.32 Å². The molecule has 4 nitrogen and oxygen atoms in total. The van der Waals surface area contributed by atoms with Gasteiger partial charge in [-0.05, 0) is 24.8 Å². The number of hydrogen-bond acceptors (Lipinski definition) is 3. The van der Waals surface area contributed by atoms with Crippen molar-refractivity contribution in [2.24, 2.45) is 10.9 Å². The Bertz CT molecular complexity index is 771. The Balaban J connectivity index is 2.10. The van der Waals surface area contributed by atoms with Crippen LogP contribution in [-0.4, -0.2) is 27.4 Å². The first-order valence-electron chi connectivity index (χ1n) is 8.52. The molecule has 126 valence electrons. The first-order valence-corrected chi connectivity index (χ1v) is 8.93. The molecule has 0 saturated carbocycles. The van der Waals surface area contributed by atoms with Gasteiger partial charge in [-0.2, -0.15) is 5.10 Å². The van der Waals surface area contributed by atoms with E-state index in [1.165, 1.54) is 5.56 Å². The third-order valence-corrected chi connectivity index (χ3v) is 4.98. The highest BCUT2D eigenvalue weighted by Gasteiger charge is 2.26. The molecule has 0 aliphatic carbocycles. The summed E-state index contributed by atoms with van der Waals surface area (Å²) in [7, 11) is 0. The van der Waals surface area contributed by atoms with Gasteiger partial charge in [-0.25, -0.2) is 4.99 Å². The lowest BCUT2D eigenvalue weighted by Gasteiger charge is -2.18. The van der Waals surface area contributed by atoms with Gasteiger partial charge in [0.15, 0.2) is 0 Å². The molecule has 1 unspecified atom stereocenters. The first kappa shape index (κ1) is 16.8. The predicted molar refractivity (Wildman–Crippen MR) is 104 cm³/mol. The number of benzene rings is 1. The molecule has 5 heteroatoms. The average molecular weight is 340 g/mol. The molecule has 1 aromatic heterocycles. The lowest BCUT2D eigenvalue weighted by molar-refractivity contribution is 0.475. The van der Waals surface area contributed by atoms with Crippen molar-refractivity contribution in [1.29, 1.82) is 0 Å². The maximum Gasteiger partial charge on any atom is 0.145 e. The van der Waals surface area contributed by atoms with Crippen molar-refractivity contribution in [2.45, 2.75) is 40.0 Å². The molecule has 2 N–H and O–H groups in total. The van der Waals surface area contributed by atoms with E-state index in [2.05, 4.69) is 67.5 Å². The summed E-state index contributed by atoms with van der Waals surface area (Å²) in [4.78, 5) is 5.64. The molecule has 1 aliphatic heterocycles. The quantitative estimate of drug-likeness (QED) is 0.817. The second-order valence-corrected chi connectivity index (χ2v) is 7.11. The largest absolute Gasteiger partial charge is 0.369 e. The third-order valence-electron chi connectivity index (χ3n) is 4.65. The molecule has 0 fully saturated rings. The Kier molecular flexibility index (Phi) is 4.81. The SMILES string of the molecule is CCC(c1[nH]nc2c1N=C(c1ccc(C)cc1)CNC2=S)C(C)C. The average Bonchev–Trinajstić information content (AvgIpc) is 2.88. The standard InChI is InChI=1S/C19H24N4S/c1-5-14(11(2)3)16-17-18(23-22-16)19(24)20-10-15(21-17)13-8-6-12(4)7-9-13/h6-9,11,14H,5,10H2,1-4H3,(H,20,24)(H,22,23). The zero-order valence-corrected chi connectivity index (χ0v) is 15.5. The van der Waals surface area contributed by atoms with Gasteiger partial charge in [0.25, 0.3) is 0 Å². The topological polar surface area (TPSA) is 53.1 Å². The molecular formula is C19H24N4S. The maximum atomic E-state index is 5.51. The van der Waals surface area contributed by atoms with Crippen LogP contribution in [-0.2, 0) is 0 Å². The van der Waals surface area contributed by atoms with E-state index in [0.717, 1.165) is 34.8 Å². The van der Waals surface area contributed by atoms with Crippen molar-refractivity contribution in [3.8, 4) is 0 Å². The van der Waals surface area contributed by atoms with Gasteiger partial charge in [-0.1, -0.05) is 62.8 Å². The molecule has 2 aromatic rings. The van der Waals surface area contributed by atoms with E-state index in [1.807, 2.05) is 0 Å². The van der Waals surface area contributed by atoms with Gasteiger partial charge in [0.2, 0.25) is 0 Å². The zero-order valence-electron chi connectivity index (χ0n) is 14.7. The van der Waals surface area contributed by atoms with Gasteiger partial charge in [-0.3, -0.25) is 5.10 Å². The molecule has 0 saturated heterocycles. The molecule has 3 rings (SSSR count). The summed E-state index contributed by atoms with van der Waals surface area (Å²) >= 11 is 5.51. The molecular weight excluding hydrogens is 316 g/mol. The molecule has 1 aromatic carbocycles. The van der Waals surface area contributed by atoms with Crippen molar-refractivity contribution < 1.29 is 0 Å². The highest BCUT2D eigenvalue weighted by molar-refractivity contribution is 7.80. The monoisotopic (exact) mass is 340 g/mol. The van der Waals surface area contributed by atoms with Crippen molar-refractivity contribution in [3.05, 3.63) is 46.8 Å². The summed E-state index contributed by atoms with van der Waals surface area (Å²) in [5, 5.41) is 10.9. The summed E-state index contributed by atoms with van der Waals surface area (Å²) < 4.78 is 0. The molecule has 24 heavy (non-hydrogen) atoms. The van der Waals surface area contributed by atoms with E-state index in [1.54, 1.807) is 0 Å². The lowest BCUT2D eigenvalue weighted by atomic mass is 9.89. The smallest absolute Gasteiger partial charge is 0.145 e. The van der Waals surface area contributed by atoms with Crippen LogP contribution in [0.25, 0.3) is 0 Å². The van der Waals surface area contributed by atoms with E-state index >= 15 is 0 Å². The summed E-state index contributed by atoms with van der Waals surface area (Å²) in [5.74, 6) is 0.910. The highest BCUT2D eigenvalue weighted by Crippen LogP contribution is 2.36. The maximum absolute atomic E-state index is 5.51. The van der Waals surface area contributed by atoms with Gasteiger partial charge in [0, 0.05) is 5.92 Å². The number of aliphatic imine (C=N–C) groups is 1. The summed E-state index contributed by atoms with van der Waals surface area (Å²) in [5.41, 5.74) is 6.12. The minimum atomic E-state index is 0.394. The Hall–Kier alpha value is -2.01. The lowest BCUT2D eigenvalue weighted by Crippen LogP contribution is -2.27. The predicted octanol–water partition coefficient (Wildman–Crippen LogP) is 4.27. The fourth-order valence-electron chi connectivity index (χ4n) is 3.22. The number of aromatic nitrogens is 2. The van der Waals surface area contributed by atoms with Crippen LogP contribution in [0.15, 0.2) is 29.3 Å². The zero-order chi connectivity index (χ0) is 17.3. The van der Waals surface area contributed by atoms with Gasteiger partial charge >= 0.3 is 0 Å². The van der Waals surface area contributed by atoms with Crippen LogP contribution in [0, 0.1) is 12.8 Å². The number of fused-ring (bicyclic) bond motifs is 1. The number of hydrogen-bond donors (Lipinski definition) is 2. The molecule has 0 amide bonds. The molecule has 0 radical (unpaired) electrons. The Labute approximate surface area is 148 Å². The number of aromatic amines is 1. The number of rotatable bonds is 4. The van der Waals surface area contributed by atoms with Gasteiger partial charge < -0.3 is 5.32 Å². The van der Waals surface area contributed by atoms with Crippen molar-refractivity contribution in [3.63, 3.8) is 0 Å². The van der Waals surface area contributed by atoms with Crippen LogP contribution in [0.4, 0.5) is 5.69 Å². The number of thiocarbonyl (C=S) groups is 1. The van der Waals surface area contributed by atoms with Gasteiger partial charge in [0.05, 0.1) is 18.0 Å². The van der Waals surface area contributed by atoms with Gasteiger partial charge in [-0.15, -0.1) is 0 Å². The van der Waals surface area contributed by atoms with Crippen LogP contribution in [0.5, 0.6) is 0 Å². The second-order valence-electron chi connectivity index (χ2n) is 6.70. The minimum Gasteiger partial charge on any atom is -0.369 e. The summed E-state index contributed by atoms with van der Waals surface area (Å²) in [6, 6.07) is 8.45. The van der Waals surface area contributed by atoms with Gasteiger partial charge in [0.1, 0.15) is 16.4 Å². The molecule has 0 bridgehead atoms. The fraction of sp³-hybridized carbons (Fsp3) is 0.421. The number of aryl methyl sites for hydroxylation is 1. The van der Waals surface area contributed by atoms with E-state index < -0.39 is 0 Å². The van der Waals surface area contributed by atoms with E-state index in [0.29, 0.717) is 23.4 Å². The highest BCUT2D eigenvalue weighted by atomic mass is 32.1. The normalized spacial score (nSPS) is 15.5. The summed E-state index contributed by atoms with van der Waals surface area (Å²) in [6.45, 7) is 9.39. The molecule has 1 aliphatic rings. The number of H-pyrrole nitrogens is 1. The first-order chi connectivity index (χ1) is 11.5. The Morgan fingerprint density at radius 1 is 1.21 bits per heavy atom. The van der Waals surface area contributed by atoms with E-state index in [-0.39, 0.29) is 0 Å². The Morgan fingerprint density at radius 3 is 2.54 bits per heavy atom. The van der Waals surface area contributed by atoms with Crippen LogP contribution in [0.1, 0.15) is 55.6 Å². The van der Waals surface area contributed by atoms with Crippen LogP contribution >= 0.6 is 12.2 Å². The molecule has 0 spiro atoms. The Morgan fingerprint density at radius 2 is 1.92 bits per heavy atom. The molecule has 2 heterocycles. The number of nitrogens with one attached hydrogen (secondary N) is 2. The fourth-order valence-corrected chi connectivity index (χ4v) is 3.44. The second kappa shape index (κ2) is 6.85. The van der Waals surface area contributed by atoms with Crippen molar-refractivity contribution in [1.82, 2.24) is 15.5 Å². The van der Waals surface area contributed by atoms with Crippen LogP contribution in [0.3, 0.4) is 0 Å². The van der Waals surface area contributed by atoms with Crippen molar-refractivity contribution >= 4 is 28.6 Å². The van der Waals surface area contributed by atoms with E-state index in [4.69, 9.17) is 17.2 Å². The van der Waals surface area contributed by atoms with Crippen molar-refractivity contribution in [2.75, 3.05) is 6.54 Å². The van der Waals surface area contributed by atoms with Crippen LogP contribution in [0.2, 0.25) is 0 Å². The third kappa shape index (κ3) is 3.13. The minimum absolute atomic E-state index is 0.394. The van der Waals surface area contributed by atoms with E-state index in [9.17, 15) is 0 Å². The molecule has 1 atom stereocenters. The number of nitrogens with zero attached hydrogens (tertiary/aromatic N) is 2. The summed E-state index contributed by atoms with van der Waals surface area (Å²) in [6.07, 6.45) is 1.04.